The van der Waals surface area contributed by atoms with Gasteiger partial charge in [-0.2, -0.15) is 19.9 Å². The molecule has 6 aromatic carbocycles. The molecule has 0 saturated heterocycles. The molecule has 9 aromatic heterocycles. The number of anilines is 2. The summed E-state index contributed by atoms with van der Waals surface area (Å²) in [5.74, 6) is 2.97. The van der Waals surface area contributed by atoms with Gasteiger partial charge in [-0.3, -0.25) is 33.5 Å². The SMILES string of the molecule is CC(C)CCCc1cc(Cl)c(F)c(-c2cc3cn(-c4ccc(CN[C@H](CCN=C(N)N)CNc5cc(=O)cc[nH]5)cc4)c(=O)nc3[nH]2)c1.CC(C)CCCc1cc(Cl)c(F)c(-c2cc3cn(-c4ccc(CN[C@H](CCN=C(N)N)Cc5ncon5)cc4)c(=O)nc3[nH]2)c1.COc1ccnc(NC[C@@H](CCN=C(N)N)NCc2ccc(-n3cc4cc(-c5cc(CCCC(C)C)cc(Cl)c5F)[nH]c4nc3=O)cc2)c1. The van der Waals surface area contributed by atoms with Gasteiger partial charge in [0.2, 0.25) is 6.39 Å². The molecule has 0 aliphatic rings. The van der Waals surface area contributed by atoms with Crippen molar-refractivity contribution in [1.29, 1.82) is 0 Å². The molecule has 746 valence electrons. The Labute approximate surface area is 833 Å². The summed E-state index contributed by atoms with van der Waals surface area (Å²) in [4.78, 5) is 96.6. The number of nitrogens with two attached hydrogens (primary N) is 6. The van der Waals surface area contributed by atoms with E-state index in [1.165, 1.54) is 32.2 Å². The second-order valence-corrected chi connectivity index (χ2v) is 37.4. The molecule has 0 spiro atoms. The Morgan fingerprint density at radius 2 is 0.824 bits per heavy atom. The summed E-state index contributed by atoms with van der Waals surface area (Å²) in [5.41, 5.74) is 43.1. The lowest BCUT2D eigenvalue weighted by molar-refractivity contribution is 0.400. The molecule has 9 heterocycles. The number of hydrogen-bond acceptors (Lipinski definition) is 20. The van der Waals surface area contributed by atoms with Gasteiger partial charge in [0.25, 0.3) is 0 Å². The van der Waals surface area contributed by atoms with Crippen LogP contribution in [0.5, 0.6) is 5.75 Å². The standard InChI is InChI=1S/C36H43ClFN9O2.C35H41ClFN9O2.C32H37ClFN9O2/c1-22(2)5-4-6-24-15-29(33(38)30(37)16-24)31-17-25-21-47(36(48)46-34(25)45-31)27-9-7-23(8-10-27)19-43-26(11-13-42-35(39)40)20-44-32-18-28(49-3)12-14-41-32;1-21(2)4-3-5-23-14-28(32(37)29(36)15-23)30-16-24-20-46(35(48)45-33(24)44-30)26-8-6-22(7-9-26)18-42-25(10-12-41-34(38)39)19-43-31-17-27(47)11-13-40-31;1-19(2)4-3-5-21-12-25(29(34)26(33)13-21)27-14-22-17-43(32(44)41-30(22)40-27)24-8-6-20(7-9-24)16-38-23(10-11-37-31(35)36)15-28-39-18-45-42-28/h7-10,12,14-18,21-22,26,43H,4-6,11,13,19-20H2,1-3H3,(H,41,44)(H4,39,40,42)(H,45,46,48);6-9,11,13-17,20-21,25,42H,3-5,10,12,18-19H2,1-2H3,(H4,38,39,41)(H2,40,43,47)(H,44,45,48);6-9,12-14,17-19,23,38H,3-5,10-11,15-16H2,1-2H3,(H4,35,36,37)(H,40,41,44)/t26-;25-;23-/m111/s1. The Balaban J connectivity index is 0.000000179. The predicted octanol–water partition coefficient (Wildman–Crippen LogP) is 15.8. The van der Waals surface area contributed by atoms with Crippen molar-refractivity contribution in [3.63, 3.8) is 0 Å². The van der Waals surface area contributed by atoms with Crippen molar-refractivity contribution in [2.75, 3.05) is 50.5 Å². The summed E-state index contributed by atoms with van der Waals surface area (Å²) in [6, 6.07) is 45.2. The van der Waals surface area contributed by atoms with Crippen LogP contribution in [-0.2, 0) is 45.3 Å². The van der Waals surface area contributed by atoms with Gasteiger partial charge in [-0.05, 0) is 206 Å². The van der Waals surface area contributed by atoms with E-state index in [-0.39, 0.29) is 56.5 Å². The quantitative estimate of drug-likeness (QED) is 0.0124. The van der Waals surface area contributed by atoms with Gasteiger partial charge in [0.15, 0.2) is 46.6 Å². The number of nitrogens with zero attached hydrogens (tertiary/aromatic N) is 12. The van der Waals surface area contributed by atoms with Gasteiger partial charge in [0, 0.05) is 159 Å². The third-order valence-electron chi connectivity index (χ3n) is 23.8. The number of methoxy groups -OCH3 is 1. The maximum absolute atomic E-state index is 15.2. The first-order valence-corrected chi connectivity index (χ1v) is 48.3. The minimum atomic E-state index is -0.514. The van der Waals surface area contributed by atoms with Crippen LogP contribution in [0, 0.1) is 35.2 Å². The molecule has 0 bridgehead atoms. The number of aliphatic imine (C=N–C) groups is 3. The number of aromatic amines is 4. The molecule has 0 aliphatic heterocycles. The summed E-state index contributed by atoms with van der Waals surface area (Å²) in [6.45, 7) is 17.2. The number of benzene rings is 6. The second-order valence-electron chi connectivity index (χ2n) is 36.2. The highest BCUT2D eigenvalue weighted by Crippen LogP contribution is 2.36. The van der Waals surface area contributed by atoms with Crippen molar-refractivity contribution < 1.29 is 22.4 Å². The zero-order valence-corrected chi connectivity index (χ0v) is 82.5. The number of fused-ring (bicyclic) bond motifs is 3. The molecule has 0 radical (unpaired) electrons. The number of ether oxygens (including phenoxy) is 1. The fraction of sp³-hybridized carbons (Fsp3) is 0.330. The van der Waals surface area contributed by atoms with E-state index in [0.29, 0.717) is 203 Å². The number of aryl methyl sites for hydroxylation is 3. The third kappa shape index (κ3) is 30.3. The van der Waals surface area contributed by atoms with Gasteiger partial charge in [-0.25, -0.2) is 32.5 Å². The first-order valence-electron chi connectivity index (χ1n) is 47.2. The van der Waals surface area contributed by atoms with E-state index in [0.717, 1.165) is 91.2 Å². The highest BCUT2D eigenvalue weighted by Gasteiger charge is 2.23. The fourth-order valence-electron chi connectivity index (χ4n) is 16.2. The summed E-state index contributed by atoms with van der Waals surface area (Å²) < 4.78 is 60.1. The molecule has 0 aliphatic carbocycles. The summed E-state index contributed by atoms with van der Waals surface area (Å²) in [7, 11) is 1.61. The Kier molecular flexibility index (Phi) is 37.4. The Morgan fingerprint density at radius 3 is 1.18 bits per heavy atom. The van der Waals surface area contributed by atoms with Gasteiger partial charge in [-0.1, -0.05) is 137 Å². The van der Waals surface area contributed by atoms with Crippen LogP contribution in [0.15, 0.2) is 228 Å². The van der Waals surface area contributed by atoms with E-state index < -0.39 is 34.5 Å². The number of pyridine rings is 2. The largest absolute Gasteiger partial charge is 0.497 e. The number of H-pyrrole nitrogens is 4. The summed E-state index contributed by atoms with van der Waals surface area (Å²) in [6.07, 6.45) is 20.8. The maximum atomic E-state index is 15.2. The van der Waals surface area contributed by atoms with Crippen LogP contribution in [0.3, 0.4) is 0 Å². The van der Waals surface area contributed by atoms with Crippen LogP contribution in [0.2, 0.25) is 15.1 Å². The Morgan fingerprint density at radius 1 is 0.451 bits per heavy atom. The molecule has 33 nitrogen and oxygen atoms in total. The van der Waals surface area contributed by atoms with E-state index in [1.54, 1.807) is 80.6 Å². The van der Waals surface area contributed by atoms with Crippen molar-refractivity contribution in [3.8, 4) is 56.6 Å². The highest BCUT2D eigenvalue weighted by molar-refractivity contribution is 6.32. The van der Waals surface area contributed by atoms with Crippen LogP contribution >= 0.6 is 34.8 Å². The maximum Gasteiger partial charge on any atom is 0.354 e. The molecule has 0 unspecified atom stereocenters. The molecule has 0 saturated carbocycles. The lowest BCUT2D eigenvalue weighted by Crippen LogP contribution is -2.36. The zero-order chi connectivity index (χ0) is 101. The van der Waals surface area contributed by atoms with Crippen molar-refractivity contribution >= 4 is 97.4 Å². The lowest BCUT2D eigenvalue weighted by atomic mass is 10.00. The molecule has 142 heavy (non-hydrogen) atoms. The Hall–Kier alpha value is -14.4. The molecule has 15 aromatic rings. The molecule has 3 atom stereocenters. The van der Waals surface area contributed by atoms with Crippen LogP contribution in [0.1, 0.15) is 139 Å². The minimum absolute atomic E-state index is 0.00263. The number of guanidine groups is 3. The topological polar surface area (TPSA) is 499 Å². The van der Waals surface area contributed by atoms with E-state index in [2.05, 4.69) is 133 Å². The first-order chi connectivity index (χ1) is 68.3. The van der Waals surface area contributed by atoms with E-state index in [1.807, 2.05) is 97.1 Å². The average molecular weight is 2000 g/mol. The number of nitrogens with one attached hydrogen (secondary N) is 9. The van der Waals surface area contributed by atoms with Crippen LogP contribution in [-0.4, -0.2) is 140 Å². The normalized spacial score (nSPS) is 12.1. The van der Waals surface area contributed by atoms with E-state index >= 15 is 13.2 Å². The second kappa shape index (κ2) is 50.6. The monoisotopic (exact) mass is 1990 g/mol. The smallest absolute Gasteiger partial charge is 0.354 e. The van der Waals surface area contributed by atoms with Crippen molar-refractivity contribution in [2.24, 2.45) is 67.1 Å². The minimum Gasteiger partial charge on any atom is -0.497 e. The van der Waals surface area contributed by atoms with Gasteiger partial charge in [0.05, 0.1) is 56.3 Å². The molecule has 15 rings (SSSR count). The summed E-state index contributed by atoms with van der Waals surface area (Å²) >= 11 is 18.8. The van der Waals surface area contributed by atoms with Gasteiger partial charge < -0.3 is 90.2 Å². The zero-order valence-electron chi connectivity index (χ0n) is 80.3. The molecule has 21 N–H and O–H groups in total. The van der Waals surface area contributed by atoms with Crippen LogP contribution < -0.4 is 88.2 Å². The molecular formula is C103H121Cl3F3N27O6. The van der Waals surface area contributed by atoms with Crippen LogP contribution in [0.25, 0.3) is 83.9 Å². The Bertz CT molecular complexity index is 7090. The van der Waals surface area contributed by atoms with E-state index in [4.69, 9.17) is 78.5 Å². The summed E-state index contributed by atoms with van der Waals surface area (Å²) in [5, 5.41) is 23.2. The number of aromatic nitrogens is 13. The average Bonchev–Trinajstić information content (AvgIpc) is 1.64. The first kappa shape index (κ1) is 105. The molecule has 0 fully saturated rings. The third-order valence-corrected chi connectivity index (χ3v) is 24.6. The number of halogens is 6. The van der Waals surface area contributed by atoms with E-state index in [9.17, 15) is 19.2 Å². The lowest BCUT2D eigenvalue weighted by Gasteiger charge is -2.19. The van der Waals surface area contributed by atoms with Gasteiger partial charge >= 0.3 is 17.1 Å². The fourth-order valence-corrected chi connectivity index (χ4v) is 16.9. The van der Waals surface area contributed by atoms with Gasteiger partial charge in [0.1, 0.15) is 34.3 Å². The van der Waals surface area contributed by atoms with Crippen molar-refractivity contribution in [2.45, 2.75) is 163 Å². The van der Waals surface area contributed by atoms with Crippen LogP contribution in [0.4, 0.5) is 24.8 Å². The molecule has 0 amide bonds. The van der Waals surface area contributed by atoms with Gasteiger partial charge in [-0.15, -0.1) is 0 Å². The molecular weight excluding hydrogens is 1870 g/mol. The predicted molar refractivity (Wildman–Crippen MR) is 560 cm³/mol. The highest BCUT2D eigenvalue weighted by atomic mass is 35.5. The molecule has 39 heteroatoms. The van der Waals surface area contributed by atoms with Crippen molar-refractivity contribution in [3.05, 3.63) is 302 Å². The number of hydrogen-bond donors (Lipinski definition) is 15. The number of rotatable bonds is 45. The van der Waals surface area contributed by atoms with Crippen molar-refractivity contribution in [1.82, 2.24) is 79.7 Å².